The first-order valence-electron chi connectivity index (χ1n) is 7.68. The fourth-order valence-corrected chi connectivity index (χ4v) is 3.14. The zero-order valence-electron chi connectivity index (χ0n) is 12.8. The fraction of sp³-hybridized carbons (Fsp3) is 0.647. The molecule has 0 aliphatic heterocycles. The lowest BCUT2D eigenvalue weighted by atomic mass is 9.86. The zero-order chi connectivity index (χ0) is 14.5. The molecule has 0 saturated heterocycles. The van der Waals surface area contributed by atoms with Crippen molar-refractivity contribution in [2.45, 2.75) is 57.7 Å². The van der Waals surface area contributed by atoms with E-state index in [1.165, 1.54) is 25.7 Å². The second-order valence-corrected chi connectivity index (χ2v) is 6.14. The van der Waals surface area contributed by atoms with Gasteiger partial charge in [0.2, 0.25) is 0 Å². The van der Waals surface area contributed by atoms with Crippen molar-refractivity contribution < 1.29 is 9.84 Å². The molecule has 3 nitrogen and oxygen atoms in total. The Kier molecular flexibility index (Phi) is 5.44. The third-order valence-electron chi connectivity index (χ3n) is 4.37. The zero-order valence-corrected chi connectivity index (χ0v) is 12.8. The SMILES string of the molecule is COc1ccc(C(O)C(C)NC2CCCC(C)C2)cc1. The highest BCUT2D eigenvalue weighted by molar-refractivity contribution is 5.29. The minimum absolute atomic E-state index is 0.0682. The molecule has 20 heavy (non-hydrogen) atoms. The van der Waals surface area contributed by atoms with Crippen LogP contribution >= 0.6 is 0 Å². The Balaban J connectivity index is 1.91. The number of nitrogens with one attached hydrogen (secondary N) is 1. The van der Waals surface area contributed by atoms with Crippen molar-refractivity contribution in [1.82, 2.24) is 5.32 Å². The van der Waals surface area contributed by atoms with Gasteiger partial charge in [0, 0.05) is 12.1 Å². The highest BCUT2D eigenvalue weighted by Gasteiger charge is 2.23. The molecular formula is C17H27NO2. The van der Waals surface area contributed by atoms with E-state index < -0.39 is 6.10 Å². The van der Waals surface area contributed by atoms with Crippen LogP contribution in [0.1, 0.15) is 51.2 Å². The standard InChI is InChI=1S/C17H27NO2/c1-12-5-4-6-15(11-12)18-13(2)17(19)14-7-9-16(20-3)10-8-14/h7-10,12-13,15,17-19H,4-6,11H2,1-3H3. The van der Waals surface area contributed by atoms with Crippen molar-refractivity contribution in [2.24, 2.45) is 5.92 Å². The molecule has 3 heteroatoms. The largest absolute Gasteiger partial charge is 0.497 e. The van der Waals surface area contributed by atoms with E-state index in [1.807, 2.05) is 24.3 Å². The molecule has 0 heterocycles. The van der Waals surface area contributed by atoms with Crippen molar-refractivity contribution in [3.8, 4) is 5.75 Å². The minimum Gasteiger partial charge on any atom is -0.497 e. The van der Waals surface area contributed by atoms with Crippen LogP contribution in [-0.4, -0.2) is 24.3 Å². The van der Waals surface area contributed by atoms with E-state index in [4.69, 9.17) is 4.74 Å². The van der Waals surface area contributed by atoms with Gasteiger partial charge in [-0.05, 0) is 43.4 Å². The molecule has 0 aromatic heterocycles. The summed E-state index contributed by atoms with van der Waals surface area (Å²) in [6, 6.07) is 8.28. The Bertz CT molecular complexity index is 404. The maximum Gasteiger partial charge on any atom is 0.118 e. The molecule has 0 spiro atoms. The van der Waals surface area contributed by atoms with Crippen LogP contribution in [0.4, 0.5) is 0 Å². The summed E-state index contributed by atoms with van der Waals surface area (Å²) in [5, 5.41) is 14.0. The van der Waals surface area contributed by atoms with Gasteiger partial charge in [-0.3, -0.25) is 0 Å². The fourth-order valence-electron chi connectivity index (χ4n) is 3.14. The molecule has 4 unspecified atom stereocenters. The van der Waals surface area contributed by atoms with Crippen LogP contribution < -0.4 is 10.1 Å². The molecule has 1 aliphatic carbocycles. The summed E-state index contributed by atoms with van der Waals surface area (Å²) < 4.78 is 5.15. The van der Waals surface area contributed by atoms with E-state index in [1.54, 1.807) is 7.11 Å². The summed E-state index contributed by atoms with van der Waals surface area (Å²) in [6.45, 7) is 4.38. The van der Waals surface area contributed by atoms with Crippen molar-refractivity contribution in [2.75, 3.05) is 7.11 Å². The van der Waals surface area contributed by atoms with Crippen molar-refractivity contribution >= 4 is 0 Å². The first-order valence-corrected chi connectivity index (χ1v) is 7.68. The molecule has 4 atom stereocenters. The van der Waals surface area contributed by atoms with Crippen LogP contribution in [-0.2, 0) is 0 Å². The smallest absolute Gasteiger partial charge is 0.118 e. The lowest BCUT2D eigenvalue weighted by molar-refractivity contribution is 0.121. The monoisotopic (exact) mass is 277 g/mol. The third-order valence-corrected chi connectivity index (χ3v) is 4.37. The second kappa shape index (κ2) is 7.09. The predicted molar refractivity (Wildman–Crippen MR) is 82.0 cm³/mol. The van der Waals surface area contributed by atoms with Gasteiger partial charge >= 0.3 is 0 Å². The number of hydrogen-bond donors (Lipinski definition) is 2. The number of benzene rings is 1. The molecule has 0 amide bonds. The van der Waals surface area contributed by atoms with Crippen LogP contribution in [0.15, 0.2) is 24.3 Å². The number of rotatable bonds is 5. The van der Waals surface area contributed by atoms with Gasteiger partial charge in [-0.25, -0.2) is 0 Å². The van der Waals surface area contributed by atoms with Gasteiger partial charge in [-0.2, -0.15) is 0 Å². The Morgan fingerprint density at radius 1 is 1.25 bits per heavy atom. The van der Waals surface area contributed by atoms with Gasteiger partial charge in [0.1, 0.15) is 5.75 Å². The lowest BCUT2D eigenvalue weighted by Gasteiger charge is -2.32. The molecule has 0 bridgehead atoms. The third kappa shape index (κ3) is 3.97. The Morgan fingerprint density at radius 3 is 2.55 bits per heavy atom. The Hall–Kier alpha value is -1.06. The predicted octanol–water partition coefficient (Wildman–Crippen LogP) is 3.29. The Labute approximate surface area is 122 Å². The van der Waals surface area contributed by atoms with E-state index >= 15 is 0 Å². The van der Waals surface area contributed by atoms with Gasteiger partial charge in [0.15, 0.2) is 0 Å². The van der Waals surface area contributed by atoms with Gasteiger partial charge in [-0.1, -0.05) is 31.9 Å². The molecule has 1 aliphatic rings. The average molecular weight is 277 g/mol. The Morgan fingerprint density at radius 2 is 1.95 bits per heavy atom. The van der Waals surface area contributed by atoms with E-state index in [0.717, 1.165) is 17.2 Å². The number of ether oxygens (including phenoxy) is 1. The number of aliphatic hydroxyl groups excluding tert-OH is 1. The molecule has 1 aromatic rings. The van der Waals surface area contributed by atoms with Gasteiger partial charge < -0.3 is 15.2 Å². The van der Waals surface area contributed by atoms with Crippen LogP contribution in [0.3, 0.4) is 0 Å². The molecule has 1 saturated carbocycles. The summed E-state index contributed by atoms with van der Waals surface area (Å²) >= 11 is 0. The van der Waals surface area contributed by atoms with Crippen LogP contribution in [0.25, 0.3) is 0 Å². The molecule has 0 radical (unpaired) electrons. The lowest BCUT2D eigenvalue weighted by Crippen LogP contribution is -2.42. The van der Waals surface area contributed by atoms with E-state index in [2.05, 4.69) is 19.2 Å². The normalized spacial score (nSPS) is 26.0. The summed E-state index contributed by atoms with van der Waals surface area (Å²) in [7, 11) is 1.65. The van der Waals surface area contributed by atoms with Gasteiger partial charge in [0.25, 0.3) is 0 Å². The molecular weight excluding hydrogens is 250 g/mol. The first kappa shape index (κ1) is 15.3. The topological polar surface area (TPSA) is 41.5 Å². The van der Waals surface area contributed by atoms with E-state index in [0.29, 0.717) is 6.04 Å². The molecule has 1 fully saturated rings. The maximum absolute atomic E-state index is 10.4. The average Bonchev–Trinajstić information content (AvgIpc) is 2.46. The van der Waals surface area contributed by atoms with Crippen molar-refractivity contribution in [3.63, 3.8) is 0 Å². The minimum atomic E-state index is -0.474. The van der Waals surface area contributed by atoms with Crippen LogP contribution in [0.5, 0.6) is 5.75 Å². The summed E-state index contributed by atoms with van der Waals surface area (Å²) in [6.07, 6.45) is 4.61. The van der Waals surface area contributed by atoms with Crippen molar-refractivity contribution in [3.05, 3.63) is 29.8 Å². The highest BCUT2D eigenvalue weighted by atomic mass is 16.5. The number of hydrogen-bond acceptors (Lipinski definition) is 3. The van der Waals surface area contributed by atoms with Crippen molar-refractivity contribution in [1.29, 1.82) is 0 Å². The summed E-state index contributed by atoms with van der Waals surface area (Å²) in [4.78, 5) is 0. The first-order chi connectivity index (χ1) is 9.60. The van der Waals surface area contributed by atoms with Crippen LogP contribution in [0.2, 0.25) is 0 Å². The second-order valence-electron chi connectivity index (χ2n) is 6.14. The van der Waals surface area contributed by atoms with Gasteiger partial charge in [0.05, 0.1) is 13.2 Å². The number of methoxy groups -OCH3 is 1. The highest BCUT2D eigenvalue weighted by Crippen LogP contribution is 2.26. The molecule has 2 rings (SSSR count). The summed E-state index contributed by atoms with van der Waals surface area (Å²) in [5.74, 6) is 1.62. The summed E-state index contributed by atoms with van der Waals surface area (Å²) in [5.41, 5.74) is 0.939. The van der Waals surface area contributed by atoms with Crippen LogP contribution in [0, 0.1) is 5.92 Å². The molecule has 2 N–H and O–H groups in total. The quantitative estimate of drug-likeness (QED) is 0.868. The van der Waals surface area contributed by atoms with Gasteiger partial charge in [-0.15, -0.1) is 0 Å². The molecule has 1 aromatic carbocycles. The van der Waals surface area contributed by atoms with E-state index in [-0.39, 0.29) is 6.04 Å². The maximum atomic E-state index is 10.4. The molecule has 112 valence electrons. The van der Waals surface area contributed by atoms with E-state index in [9.17, 15) is 5.11 Å². The number of aliphatic hydroxyl groups is 1.